The van der Waals surface area contributed by atoms with Crippen molar-refractivity contribution in [3.05, 3.63) is 58.1 Å². The van der Waals surface area contributed by atoms with E-state index >= 15 is 0 Å². The summed E-state index contributed by atoms with van der Waals surface area (Å²) in [6.07, 6.45) is 2.15. The summed E-state index contributed by atoms with van der Waals surface area (Å²) in [6, 6.07) is 11.0. The molecule has 5 rings (SSSR count). The molecule has 2 aromatic rings. The van der Waals surface area contributed by atoms with Crippen LogP contribution in [-0.4, -0.2) is 100 Å². The molecule has 1 atom stereocenters. The number of hydrogen-bond donors (Lipinski definition) is 0. The van der Waals surface area contributed by atoms with E-state index in [4.69, 9.17) is 14.2 Å². The van der Waals surface area contributed by atoms with Gasteiger partial charge in [0.25, 0.3) is 11.6 Å². The fraction of sp³-hybridized carbons (Fsp3) is 0.500. The Morgan fingerprint density at radius 3 is 2.36 bits per heavy atom. The Morgan fingerprint density at radius 2 is 1.72 bits per heavy atom. The Labute approximate surface area is 227 Å². The van der Waals surface area contributed by atoms with Crippen molar-refractivity contribution >= 4 is 27.3 Å². The monoisotopic (exact) mass is 560 g/mol. The zero-order valence-electron chi connectivity index (χ0n) is 21.6. The predicted octanol–water partition coefficient (Wildman–Crippen LogP) is 2.14. The van der Waals surface area contributed by atoms with Crippen LogP contribution < -0.4 is 9.64 Å². The van der Waals surface area contributed by atoms with E-state index in [-0.39, 0.29) is 48.9 Å². The highest BCUT2D eigenvalue weighted by molar-refractivity contribution is 7.89. The minimum Gasteiger partial charge on any atom is -0.491 e. The number of amides is 1. The van der Waals surface area contributed by atoms with Gasteiger partial charge in [-0.25, -0.2) is 8.42 Å². The highest BCUT2D eigenvalue weighted by Gasteiger charge is 2.31. The van der Waals surface area contributed by atoms with Crippen LogP contribution in [0.2, 0.25) is 0 Å². The second-order valence-electron chi connectivity index (χ2n) is 9.67. The van der Waals surface area contributed by atoms with Crippen LogP contribution in [0.3, 0.4) is 0 Å². The third-order valence-corrected chi connectivity index (χ3v) is 9.11. The zero-order valence-corrected chi connectivity index (χ0v) is 22.4. The molecule has 3 aliphatic heterocycles. The number of carbonyl (C=O) groups excluding carboxylic acids is 1. The number of piperazine rings is 1. The average Bonchev–Trinajstić information content (AvgIpc) is 3.50. The quantitative estimate of drug-likeness (QED) is 0.352. The van der Waals surface area contributed by atoms with Gasteiger partial charge in [0, 0.05) is 57.5 Å². The smallest absolute Gasteiger partial charge is 0.293 e. The number of benzene rings is 2. The Hall–Kier alpha value is -3.26. The maximum absolute atomic E-state index is 13.1. The first-order valence-corrected chi connectivity index (χ1v) is 14.5. The van der Waals surface area contributed by atoms with Crippen molar-refractivity contribution in [3.63, 3.8) is 0 Å². The van der Waals surface area contributed by atoms with Crippen LogP contribution in [0.1, 0.15) is 23.2 Å². The summed E-state index contributed by atoms with van der Waals surface area (Å²) in [5.41, 5.74) is 0.597. The van der Waals surface area contributed by atoms with Gasteiger partial charge in [-0.05, 0) is 49.2 Å². The summed E-state index contributed by atoms with van der Waals surface area (Å²) in [5, 5.41) is 11.9. The lowest BCUT2D eigenvalue weighted by Gasteiger charge is -2.36. The normalized spacial score (nSPS) is 20.7. The van der Waals surface area contributed by atoms with Gasteiger partial charge in [-0.1, -0.05) is 0 Å². The van der Waals surface area contributed by atoms with Crippen LogP contribution in [0.15, 0.2) is 47.4 Å². The van der Waals surface area contributed by atoms with Crippen molar-refractivity contribution in [2.75, 3.05) is 70.6 Å². The zero-order chi connectivity index (χ0) is 27.4. The summed E-state index contributed by atoms with van der Waals surface area (Å²) < 4.78 is 43.8. The molecule has 13 heteroatoms. The maximum Gasteiger partial charge on any atom is 0.293 e. The topological polar surface area (TPSA) is 132 Å². The number of sulfonamides is 1. The minimum atomic E-state index is -3.87. The number of nitrogens with zero attached hydrogens (tertiary/aromatic N) is 4. The van der Waals surface area contributed by atoms with Crippen LogP contribution >= 0.6 is 0 Å². The van der Waals surface area contributed by atoms with Crippen molar-refractivity contribution in [3.8, 4) is 5.75 Å². The fourth-order valence-corrected chi connectivity index (χ4v) is 6.43. The molecule has 3 fully saturated rings. The number of carbonyl (C=O) groups is 1. The molecule has 3 aliphatic rings. The average molecular weight is 561 g/mol. The molecule has 2 aromatic carbocycles. The van der Waals surface area contributed by atoms with Crippen LogP contribution in [0.4, 0.5) is 11.4 Å². The number of nitro groups is 1. The van der Waals surface area contributed by atoms with E-state index < -0.39 is 14.9 Å². The van der Waals surface area contributed by atoms with E-state index in [1.165, 1.54) is 16.4 Å². The Balaban J connectivity index is 1.21. The molecule has 3 saturated heterocycles. The molecular weight excluding hydrogens is 528 g/mol. The van der Waals surface area contributed by atoms with Crippen LogP contribution in [-0.2, 0) is 19.5 Å². The van der Waals surface area contributed by atoms with Crippen LogP contribution in [0, 0.1) is 10.1 Å². The third kappa shape index (κ3) is 6.16. The summed E-state index contributed by atoms with van der Waals surface area (Å²) in [7, 11) is -3.87. The number of anilines is 1. The van der Waals surface area contributed by atoms with E-state index in [0.717, 1.165) is 25.5 Å². The van der Waals surface area contributed by atoms with E-state index in [1.54, 1.807) is 29.2 Å². The van der Waals surface area contributed by atoms with Crippen molar-refractivity contribution in [1.29, 1.82) is 0 Å². The van der Waals surface area contributed by atoms with Crippen LogP contribution in [0.5, 0.6) is 5.75 Å². The molecule has 0 bridgehead atoms. The standard InChI is InChI=1S/C26H32N4O8S/c31-26(20-3-5-21(6-4-20)38-19-22-2-1-15-37-22)28-11-9-27(10-12-28)24-8-7-23(18-25(24)30(32)33)39(34,35)29-13-16-36-17-14-29/h3-8,18,22H,1-2,9-17,19H2. The SMILES string of the molecule is O=C(c1ccc(OCC2CCCO2)cc1)N1CCN(c2ccc(S(=O)(=O)N3CCOCC3)cc2[N+](=O)[O-])CC1. The molecule has 0 radical (unpaired) electrons. The number of hydrogen-bond acceptors (Lipinski definition) is 9. The molecule has 12 nitrogen and oxygen atoms in total. The molecule has 210 valence electrons. The van der Waals surface area contributed by atoms with Crippen LogP contribution in [0.25, 0.3) is 0 Å². The molecule has 0 saturated carbocycles. The maximum atomic E-state index is 13.1. The van der Waals surface area contributed by atoms with Gasteiger partial charge in [0.2, 0.25) is 10.0 Å². The second-order valence-corrected chi connectivity index (χ2v) is 11.6. The molecule has 1 amide bonds. The summed E-state index contributed by atoms with van der Waals surface area (Å²) in [6.45, 7) is 3.76. The van der Waals surface area contributed by atoms with E-state index in [0.29, 0.717) is 49.8 Å². The molecule has 1 unspecified atom stereocenters. The van der Waals surface area contributed by atoms with Crippen molar-refractivity contribution in [1.82, 2.24) is 9.21 Å². The van der Waals surface area contributed by atoms with Gasteiger partial charge in [0.05, 0.1) is 29.1 Å². The van der Waals surface area contributed by atoms with Crippen molar-refractivity contribution in [2.45, 2.75) is 23.8 Å². The van der Waals surface area contributed by atoms with Crippen molar-refractivity contribution < 1.29 is 32.3 Å². The fourth-order valence-electron chi connectivity index (χ4n) is 5.01. The highest BCUT2D eigenvalue weighted by Crippen LogP contribution is 2.33. The first kappa shape index (κ1) is 27.3. The first-order valence-electron chi connectivity index (χ1n) is 13.1. The summed E-state index contributed by atoms with van der Waals surface area (Å²) in [5.74, 6) is 0.556. The third-order valence-electron chi connectivity index (χ3n) is 7.22. The van der Waals surface area contributed by atoms with Gasteiger partial charge < -0.3 is 24.0 Å². The Morgan fingerprint density at radius 1 is 1.00 bits per heavy atom. The molecule has 0 aliphatic carbocycles. The van der Waals surface area contributed by atoms with E-state index in [1.807, 2.05) is 4.90 Å². The number of rotatable bonds is 8. The van der Waals surface area contributed by atoms with Gasteiger partial charge >= 0.3 is 0 Å². The van der Waals surface area contributed by atoms with Gasteiger partial charge in [-0.3, -0.25) is 14.9 Å². The summed E-state index contributed by atoms with van der Waals surface area (Å²) in [4.78, 5) is 27.8. The van der Waals surface area contributed by atoms with Gasteiger partial charge in [-0.2, -0.15) is 4.31 Å². The van der Waals surface area contributed by atoms with Gasteiger partial charge in [0.1, 0.15) is 18.0 Å². The molecule has 39 heavy (non-hydrogen) atoms. The second kappa shape index (κ2) is 11.9. The van der Waals surface area contributed by atoms with E-state index in [2.05, 4.69) is 0 Å². The lowest BCUT2D eigenvalue weighted by Crippen LogP contribution is -2.49. The largest absolute Gasteiger partial charge is 0.491 e. The molecule has 0 aromatic heterocycles. The highest BCUT2D eigenvalue weighted by atomic mass is 32.2. The number of ether oxygens (including phenoxy) is 3. The molecular formula is C26H32N4O8S. The molecule has 0 N–H and O–H groups in total. The van der Waals surface area contributed by atoms with Gasteiger partial charge in [0.15, 0.2) is 0 Å². The lowest BCUT2D eigenvalue weighted by molar-refractivity contribution is -0.384. The lowest BCUT2D eigenvalue weighted by atomic mass is 10.1. The molecule has 3 heterocycles. The number of morpholine rings is 1. The predicted molar refractivity (Wildman–Crippen MR) is 142 cm³/mol. The minimum absolute atomic E-state index is 0.114. The Kier molecular flexibility index (Phi) is 8.31. The first-order chi connectivity index (χ1) is 18.8. The van der Waals surface area contributed by atoms with Crippen molar-refractivity contribution in [2.24, 2.45) is 0 Å². The number of nitro benzene ring substituents is 1. The van der Waals surface area contributed by atoms with Gasteiger partial charge in [-0.15, -0.1) is 0 Å². The molecule has 0 spiro atoms. The Bertz CT molecular complexity index is 1280. The summed E-state index contributed by atoms with van der Waals surface area (Å²) >= 11 is 0. The van der Waals surface area contributed by atoms with E-state index in [9.17, 15) is 23.3 Å².